The predicted molar refractivity (Wildman–Crippen MR) is 140 cm³/mol. The molecule has 196 valence electrons. The Morgan fingerprint density at radius 2 is 2.21 bits per heavy atom. The van der Waals surface area contributed by atoms with Crippen LogP contribution in [0.3, 0.4) is 0 Å². The number of halogens is 1. The second-order valence-electron chi connectivity index (χ2n) is 9.03. The van der Waals surface area contributed by atoms with Crippen molar-refractivity contribution < 1.29 is 23.5 Å². The highest BCUT2D eigenvalue weighted by Crippen LogP contribution is 2.42. The number of anilines is 2. The van der Waals surface area contributed by atoms with Gasteiger partial charge in [-0.25, -0.2) is 4.39 Å². The molecule has 10 heteroatoms. The molecule has 1 atom stereocenters. The minimum absolute atomic E-state index is 0.0389. The number of aromatic nitrogens is 2. The normalized spacial score (nSPS) is 16.2. The molecule has 4 heterocycles. The zero-order valence-corrected chi connectivity index (χ0v) is 21.2. The molecule has 2 aliphatic heterocycles. The van der Waals surface area contributed by atoms with Gasteiger partial charge < -0.3 is 30.0 Å². The molecule has 1 fully saturated rings. The maximum atomic E-state index is 14.5. The number of H-pyrrole nitrogens is 1. The van der Waals surface area contributed by atoms with Crippen molar-refractivity contribution in [2.24, 2.45) is 0 Å². The molecule has 2 aliphatic rings. The summed E-state index contributed by atoms with van der Waals surface area (Å²) in [6, 6.07) is 6.24. The average Bonchev–Trinajstić information content (AvgIpc) is 3.53. The van der Waals surface area contributed by atoms with E-state index in [0.29, 0.717) is 53.5 Å². The third kappa shape index (κ3) is 4.75. The number of amides is 2. The van der Waals surface area contributed by atoms with Gasteiger partial charge in [-0.1, -0.05) is 12.0 Å². The Bertz CT molecular complexity index is 1440. The largest absolute Gasteiger partial charge is 0.492 e. The fourth-order valence-electron chi connectivity index (χ4n) is 5.00. The van der Waals surface area contributed by atoms with Crippen LogP contribution in [0.5, 0.6) is 11.5 Å². The third-order valence-electron chi connectivity index (χ3n) is 6.75. The lowest BCUT2D eigenvalue weighted by molar-refractivity contribution is -0.126. The summed E-state index contributed by atoms with van der Waals surface area (Å²) >= 11 is 0. The van der Waals surface area contributed by atoms with Gasteiger partial charge in [0, 0.05) is 37.0 Å². The Balaban J connectivity index is 1.51. The number of hydrogen-bond donors (Lipinski definition) is 3. The Kier molecular flexibility index (Phi) is 7.18. The van der Waals surface area contributed by atoms with Gasteiger partial charge in [-0.3, -0.25) is 14.6 Å². The van der Waals surface area contributed by atoms with Gasteiger partial charge in [0.25, 0.3) is 11.8 Å². The molecule has 0 radical (unpaired) electrons. The second kappa shape index (κ2) is 10.8. The predicted octanol–water partition coefficient (Wildman–Crippen LogP) is 3.65. The molecule has 5 rings (SSSR count). The van der Waals surface area contributed by atoms with E-state index in [1.807, 2.05) is 0 Å². The number of nitrogens with zero attached hydrogens (tertiary/aromatic N) is 2. The summed E-state index contributed by atoms with van der Waals surface area (Å²) in [4.78, 5) is 34.7. The van der Waals surface area contributed by atoms with E-state index in [4.69, 9.17) is 9.47 Å². The van der Waals surface area contributed by atoms with Crippen molar-refractivity contribution in [1.82, 2.24) is 20.2 Å². The minimum atomic E-state index is -0.524. The number of likely N-dealkylation sites (tertiary alicyclic amines) is 1. The molecule has 1 saturated heterocycles. The van der Waals surface area contributed by atoms with Crippen molar-refractivity contribution in [1.29, 1.82) is 0 Å². The van der Waals surface area contributed by atoms with Crippen LogP contribution in [0.15, 0.2) is 36.7 Å². The lowest BCUT2D eigenvalue weighted by Crippen LogP contribution is -2.38. The standard InChI is InChI=1S/C28H28FN5O4/c1-3-6-23(35)34-14-5-7-17(34)16-38-22-15-30-12-10-18(22)25-26(24-20(32-25)11-13-31-28(24)36)33-21-9-4-8-19(29)27(21)37-2/h4,8-10,12,15,17,32-33H,5,7,11,13-14,16H2,1-2H3,(H,31,36)/t17-/m1/s1. The molecule has 2 amide bonds. The van der Waals surface area contributed by atoms with Gasteiger partial charge in [-0.2, -0.15) is 0 Å². The number of hydrogen-bond acceptors (Lipinski definition) is 6. The summed E-state index contributed by atoms with van der Waals surface area (Å²) in [5.74, 6) is 4.84. The van der Waals surface area contributed by atoms with Gasteiger partial charge in [-0.05, 0) is 43.9 Å². The first kappa shape index (κ1) is 25.1. The van der Waals surface area contributed by atoms with E-state index in [2.05, 4.69) is 32.4 Å². The summed E-state index contributed by atoms with van der Waals surface area (Å²) in [5.41, 5.74) is 3.34. The van der Waals surface area contributed by atoms with E-state index < -0.39 is 5.82 Å². The first-order valence-corrected chi connectivity index (χ1v) is 12.4. The summed E-state index contributed by atoms with van der Waals surface area (Å²) in [6.07, 6.45) is 5.55. The summed E-state index contributed by atoms with van der Waals surface area (Å²) in [7, 11) is 1.39. The van der Waals surface area contributed by atoms with E-state index in [0.717, 1.165) is 18.5 Å². The monoisotopic (exact) mass is 517 g/mol. The number of nitrogens with one attached hydrogen (secondary N) is 3. The number of pyridine rings is 1. The van der Waals surface area contributed by atoms with E-state index in [1.54, 1.807) is 42.4 Å². The van der Waals surface area contributed by atoms with Crippen molar-refractivity contribution >= 4 is 23.2 Å². The highest BCUT2D eigenvalue weighted by atomic mass is 19.1. The van der Waals surface area contributed by atoms with Crippen LogP contribution in [0.2, 0.25) is 0 Å². The zero-order valence-electron chi connectivity index (χ0n) is 21.2. The Hall–Kier alpha value is -4.52. The van der Waals surface area contributed by atoms with Gasteiger partial charge in [0.2, 0.25) is 0 Å². The number of fused-ring (bicyclic) bond motifs is 1. The van der Waals surface area contributed by atoms with Crippen LogP contribution in [-0.2, 0) is 11.2 Å². The maximum Gasteiger partial charge on any atom is 0.298 e. The first-order valence-electron chi connectivity index (χ1n) is 12.4. The quantitative estimate of drug-likeness (QED) is 0.413. The van der Waals surface area contributed by atoms with Crippen LogP contribution >= 0.6 is 0 Å². The highest BCUT2D eigenvalue weighted by molar-refractivity contribution is 6.06. The number of rotatable bonds is 7. The molecule has 0 bridgehead atoms. The molecule has 9 nitrogen and oxygen atoms in total. The van der Waals surface area contributed by atoms with Gasteiger partial charge in [0.1, 0.15) is 12.4 Å². The van der Waals surface area contributed by atoms with Crippen LogP contribution in [0.1, 0.15) is 35.8 Å². The first-order chi connectivity index (χ1) is 18.5. The van der Waals surface area contributed by atoms with Crippen molar-refractivity contribution in [2.75, 3.05) is 32.1 Å². The van der Waals surface area contributed by atoms with Crippen LogP contribution in [0.4, 0.5) is 15.8 Å². The maximum absolute atomic E-state index is 14.5. The smallest absolute Gasteiger partial charge is 0.298 e. The summed E-state index contributed by atoms with van der Waals surface area (Å²) < 4.78 is 26.0. The van der Waals surface area contributed by atoms with Gasteiger partial charge >= 0.3 is 0 Å². The van der Waals surface area contributed by atoms with Gasteiger partial charge in [0.15, 0.2) is 11.6 Å². The van der Waals surface area contributed by atoms with Crippen LogP contribution < -0.4 is 20.1 Å². The summed E-state index contributed by atoms with van der Waals surface area (Å²) in [5, 5.41) is 6.10. The topological polar surface area (TPSA) is 109 Å². The molecular formula is C28H28FN5O4. The van der Waals surface area contributed by atoms with E-state index in [-0.39, 0.29) is 30.2 Å². The number of benzene rings is 1. The minimum Gasteiger partial charge on any atom is -0.492 e. The molecule has 0 aliphatic carbocycles. The van der Waals surface area contributed by atoms with E-state index >= 15 is 0 Å². The fraction of sp³-hybridized carbons (Fsp3) is 0.321. The number of para-hydroxylation sites is 1. The number of carbonyl (C=O) groups is 2. The van der Waals surface area contributed by atoms with Crippen LogP contribution in [-0.4, -0.2) is 59.5 Å². The molecule has 3 N–H and O–H groups in total. The Labute approximate surface area is 219 Å². The van der Waals surface area contributed by atoms with Crippen molar-refractivity contribution in [2.45, 2.75) is 32.2 Å². The zero-order chi connectivity index (χ0) is 26.6. The molecule has 2 aromatic heterocycles. The fourth-order valence-corrected chi connectivity index (χ4v) is 5.00. The highest BCUT2D eigenvalue weighted by Gasteiger charge is 2.31. The number of carbonyl (C=O) groups excluding carboxylic acids is 2. The SMILES string of the molecule is CC#CC(=O)N1CCC[C@@H]1COc1cnccc1-c1[nH]c2c(c1Nc1cccc(F)c1OC)C(=O)NCC2. The molecule has 0 saturated carbocycles. The number of methoxy groups -OCH3 is 1. The molecule has 1 aromatic carbocycles. The Morgan fingerprint density at radius 1 is 1.34 bits per heavy atom. The van der Waals surface area contributed by atoms with E-state index in [1.165, 1.54) is 13.2 Å². The van der Waals surface area contributed by atoms with Gasteiger partial charge in [0.05, 0.1) is 42.0 Å². The number of aromatic amines is 1. The van der Waals surface area contributed by atoms with Crippen LogP contribution in [0, 0.1) is 17.7 Å². The third-order valence-corrected chi connectivity index (χ3v) is 6.75. The van der Waals surface area contributed by atoms with Crippen molar-refractivity contribution in [3.63, 3.8) is 0 Å². The summed E-state index contributed by atoms with van der Waals surface area (Å²) in [6.45, 7) is 3.06. The average molecular weight is 518 g/mol. The molecule has 0 unspecified atom stereocenters. The van der Waals surface area contributed by atoms with Gasteiger partial charge in [-0.15, -0.1) is 0 Å². The van der Waals surface area contributed by atoms with Crippen molar-refractivity contribution in [3.05, 3.63) is 53.7 Å². The second-order valence-corrected chi connectivity index (χ2v) is 9.03. The Morgan fingerprint density at radius 3 is 3.03 bits per heavy atom. The molecule has 3 aromatic rings. The number of ether oxygens (including phenoxy) is 2. The van der Waals surface area contributed by atoms with Crippen LogP contribution in [0.25, 0.3) is 11.3 Å². The molecule has 38 heavy (non-hydrogen) atoms. The lowest BCUT2D eigenvalue weighted by atomic mass is 10.0. The lowest BCUT2D eigenvalue weighted by Gasteiger charge is -2.23. The molecular weight excluding hydrogens is 489 g/mol. The van der Waals surface area contributed by atoms with Crippen molar-refractivity contribution in [3.8, 4) is 34.6 Å². The van der Waals surface area contributed by atoms with E-state index in [9.17, 15) is 14.0 Å². The molecule has 0 spiro atoms.